The van der Waals surface area contributed by atoms with Crippen LogP contribution in [-0.2, 0) is 16.5 Å². The van der Waals surface area contributed by atoms with Crippen molar-refractivity contribution in [3.05, 3.63) is 23.2 Å². The minimum absolute atomic E-state index is 0.108. The second kappa shape index (κ2) is 10.2. The fourth-order valence-corrected chi connectivity index (χ4v) is 5.11. The number of hydrogen-bond acceptors (Lipinski definition) is 8. The number of aliphatic hydroxyl groups excluding tert-OH is 1. The number of fused-ring (bicyclic) bond motifs is 5. The number of amides is 1. The first-order chi connectivity index (χ1) is 18.4. The van der Waals surface area contributed by atoms with E-state index in [1.807, 2.05) is 0 Å². The molecule has 1 fully saturated rings. The van der Waals surface area contributed by atoms with Crippen LogP contribution in [0.15, 0.2) is 10.5 Å². The summed E-state index contributed by atoms with van der Waals surface area (Å²) in [6.45, 7) is 4.53. The summed E-state index contributed by atoms with van der Waals surface area (Å²) in [6, 6.07) is 0.503. The minimum atomic E-state index is -5.21. The molecule has 1 aliphatic heterocycles. The Morgan fingerprint density at radius 2 is 1.65 bits per heavy atom. The number of pyridine rings is 1. The van der Waals surface area contributed by atoms with E-state index < -0.39 is 82.0 Å². The smallest absolute Gasteiger partial charge is 0.426 e. The zero-order valence-electron chi connectivity index (χ0n) is 22.0. The van der Waals surface area contributed by atoms with Crippen molar-refractivity contribution in [3.63, 3.8) is 0 Å². The molecule has 1 aliphatic carbocycles. The second-order valence-electron chi connectivity index (χ2n) is 11.4. The first-order valence-corrected chi connectivity index (χ1v) is 12.8. The highest BCUT2D eigenvalue weighted by molar-refractivity contribution is 5.89. The van der Waals surface area contributed by atoms with Gasteiger partial charge in [0.05, 0.1) is 16.9 Å². The van der Waals surface area contributed by atoms with Gasteiger partial charge in [-0.2, -0.15) is 26.3 Å². The van der Waals surface area contributed by atoms with Crippen LogP contribution >= 0.6 is 0 Å². The maximum absolute atomic E-state index is 14.3. The monoisotopic (exact) mass is 580 g/mol. The van der Waals surface area contributed by atoms with Gasteiger partial charge in [0.15, 0.2) is 5.69 Å². The molecular formula is C25H30F6N4O5. The quantitative estimate of drug-likeness (QED) is 0.330. The molecule has 4 bridgehead atoms. The van der Waals surface area contributed by atoms with Gasteiger partial charge in [0.25, 0.3) is 11.8 Å². The summed E-state index contributed by atoms with van der Waals surface area (Å²) in [7, 11) is 0. The number of anilines is 1. The van der Waals surface area contributed by atoms with Gasteiger partial charge in [-0.25, -0.2) is 9.78 Å². The average Bonchev–Trinajstić information content (AvgIpc) is 3.27. The van der Waals surface area contributed by atoms with Gasteiger partial charge in [0.1, 0.15) is 11.7 Å². The zero-order valence-corrected chi connectivity index (χ0v) is 22.0. The number of aromatic nitrogens is 3. The number of nitrogens with zero attached hydrogens (tertiary/aromatic N) is 3. The van der Waals surface area contributed by atoms with E-state index in [1.165, 1.54) is 20.8 Å². The Morgan fingerprint density at radius 1 is 1.02 bits per heavy atom. The molecule has 4 rings (SSSR count). The van der Waals surface area contributed by atoms with Crippen LogP contribution in [0.25, 0.3) is 11.6 Å². The topological polar surface area (TPSA) is 131 Å². The molecule has 15 heteroatoms. The van der Waals surface area contributed by atoms with Crippen LogP contribution in [0.5, 0.6) is 0 Å². The highest BCUT2D eigenvalue weighted by atomic mass is 19.4. The third-order valence-electron chi connectivity index (χ3n) is 7.34. The van der Waals surface area contributed by atoms with Crippen LogP contribution in [0.3, 0.4) is 0 Å². The van der Waals surface area contributed by atoms with Crippen LogP contribution in [0.1, 0.15) is 95.4 Å². The predicted octanol–water partition coefficient (Wildman–Crippen LogP) is 6.42. The number of alkyl halides is 6. The van der Waals surface area contributed by atoms with Crippen LogP contribution in [0.2, 0.25) is 0 Å². The van der Waals surface area contributed by atoms with Crippen LogP contribution in [-0.4, -0.2) is 43.3 Å². The summed E-state index contributed by atoms with van der Waals surface area (Å²) in [5, 5.41) is 30.9. The third-order valence-corrected chi connectivity index (χ3v) is 7.34. The second-order valence-corrected chi connectivity index (χ2v) is 11.4. The van der Waals surface area contributed by atoms with Crippen molar-refractivity contribution >= 4 is 11.8 Å². The van der Waals surface area contributed by atoms with Gasteiger partial charge >= 0.3 is 18.4 Å². The Labute approximate surface area is 225 Å². The molecule has 2 aromatic heterocycles. The van der Waals surface area contributed by atoms with Gasteiger partial charge in [0.2, 0.25) is 5.60 Å². The van der Waals surface area contributed by atoms with Gasteiger partial charge in [-0.3, -0.25) is 5.32 Å². The largest absolute Gasteiger partial charge is 0.444 e. The lowest BCUT2D eigenvalue weighted by Gasteiger charge is -2.46. The summed E-state index contributed by atoms with van der Waals surface area (Å²) >= 11 is 0. The van der Waals surface area contributed by atoms with Crippen molar-refractivity contribution in [2.45, 2.75) is 102 Å². The molecule has 0 radical (unpaired) electrons. The maximum Gasteiger partial charge on any atom is 0.426 e. The van der Waals surface area contributed by atoms with Crippen LogP contribution in [0.4, 0.5) is 36.8 Å². The van der Waals surface area contributed by atoms with E-state index in [0.29, 0.717) is 31.7 Å². The molecule has 3 heterocycles. The fourth-order valence-electron chi connectivity index (χ4n) is 5.11. The normalized spacial score (nSPS) is 23.7. The summed E-state index contributed by atoms with van der Waals surface area (Å²) in [5.74, 6) is -2.03. The number of halogens is 6. The fraction of sp³-hybridized carbons (Fsp3) is 0.680. The van der Waals surface area contributed by atoms with Crippen molar-refractivity contribution in [3.8, 4) is 11.6 Å². The molecule has 40 heavy (non-hydrogen) atoms. The van der Waals surface area contributed by atoms with Crippen molar-refractivity contribution in [2.75, 3.05) is 5.32 Å². The maximum atomic E-state index is 14.3. The van der Waals surface area contributed by atoms with E-state index in [9.17, 15) is 41.4 Å². The van der Waals surface area contributed by atoms with Gasteiger partial charge in [0, 0.05) is 5.41 Å². The molecule has 3 N–H and O–H groups in total. The average molecular weight is 581 g/mol. The standard InChI is InChI=1S/C25H30F6N4O5/c1-21(2,3)40-20(37)32-14-12-13(24(26,27)28)15-17(36)22(9-7-10-22)8-5-4-6-11-23(38,25(29,30)31)19-35-34-18(39-19)16(14)33-15/h12,17,36,38H,4-11H2,1-3H3,(H,32,37)/t17?,23-/m1/s1. The molecule has 2 aromatic rings. The molecule has 1 saturated carbocycles. The minimum Gasteiger partial charge on any atom is -0.444 e. The van der Waals surface area contributed by atoms with Gasteiger partial charge in [-0.05, 0) is 58.9 Å². The SMILES string of the molecule is CC(C)(C)OC(=O)Nc1cc(C(F)(F)F)c2nc1-c1nnc(o1)[C@@](O)(C(F)(F)F)CCCCCC1(CCC1)C2O. The number of hydrogen-bond donors (Lipinski definition) is 3. The molecule has 222 valence electrons. The highest BCUT2D eigenvalue weighted by Crippen LogP contribution is 2.55. The number of aliphatic hydroxyl groups is 2. The van der Waals surface area contributed by atoms with E-state index in [4.69, 9.17) is 9.15 Å². The van der Waals surface area contributed by atoms with E-state index in [1.54, 1.807) is 0 Å². The molecule has 1 amide bonds. The van der Waals surface area contributed by atoms with E-state index >= 15 is 0 Å². The molecule has 1 spiro atoms. The Bertz CT molecular complexity index is 1250. The Kier molecular flexibility index (Phi) is 7.63. The zero-order chi connectivity index (χ0) is 29.7. The summed E-state index contributed by atoms with van der Waals surface area (Å²) < 4.78 is 95.1. The van der Waals surface area contributed by atoms with Gasteiger partial charge in [-0.1, -0.05) is 19.3 Å². The van der Waals surface area contributed by atoms with Crippen LogP contribution < -0.4 is 5.32 Å². The first kappa shape index (κ1) is 30.0. The molecule has 1 unspecified atom stereocenters. The van der Waals surface area contributed by atoms with E-state index in [2.05, 4.69) is 20.5 Å². The molecule has 9 nitrogen and oxygen atoms in total. The highest BCUT2D eigenvalue weighted by Gasteiger charge is 2.58. The number of rotatable bonds is 1. The molecule has 0 aromatic carbocycles. The number of carbonyl (C=O) groups excluding carboxylic acids is 1. The first-order valence-electron chi connectivity index (χ1n) is 12.8. The van der Waals surface area contributed by atoms with Crippen molar-refractivity contribution < 1.29 is 50.5 Å². The van der Waals surface area contributed by atoms with Crippen molar-refractivity contribution in [1.29, 1.82) is 0 Å². The molecular weight excluding hydrogens is 550 g/mol. The van der Waals surface area contributed by atoms with Crippen LogP contribution in [0, 0.1) is 5.41 Å². The Morgan fingerprint density at radius 3 is 2.20 bits per heavy atom. The molecule has 0 saturated heterocycles. The summed E-state index contributed by atoms with van der Waals surface area (Å²) in [6.07, 6.45) is -11.9. The van der Waals surface area contributed by atoms with E-state index in [-0.39, 0.29) is 19.3 Å². The van der Waals surface area contributed by atoms with Gasteiger partial charge < -0.3 is 19.4 Å². The number of ether oxygens (including phenoxy) is 1. The predicted molar refractivity (Wildman–Crippen MR) is 127 cm³/mol. The summed E-state index contributed by atoms with van der Waals surface area (Å²) in [5.41, 5.74) is -8.95. The third kappa shape index (κ3) is 5.76. The summed E-state index contributed by atoms with van der Waals surface area (Å²) in [4.78, 5) is 16.5. The van der Waals surface area contributed by atoms with Crippen molar-refractivity contribution in [2.24, 2.45) is 5.41 Å². The van der Waals surface area contributed by atoms with Gasteiger partial charge in [-0.15, -0.1) is 10.2 Å². The molecule has 2 aliphatic rings. The Balaban J connectivity index is 1.95. The lowest BCUT2D eigenvalue weighted by atomic mass is 9.61. The van der Waals surface area contributed by atoms with E-state index in [0.717, 1.165) is 0 Å². The Hall–Kier alpha value is -2.94. The van der Waals surface area contributed by atoms with Crippen molar-refractivity contribution in [1.82, 2.24) is 15.2 Å². The lowest BCUT2D eigenvalue weighted by Crippen LogP contribution is -2.42. The lowest BCUT2D eigenvalue weighted by molar-refractivity contribution is -0.277. The number of nitrogens with one attached hydrogen (secondary N) is 1. The number of carbonyl (C=O) groups is 1. The molecule has 2 atom stereocenters.